The van der Waals surface area contributed by atoms with Gasteiger partial charge in [-0.25, -0.2) is 9.48 Å². The lowest BCUT2D eigenvalue weighted by Crippen LogP contribution is -2.02. The smallest absolute Gasteiger partial charge is 0.356 e. The molecule has 0 saturated carbocycles. The Labute approximate surface area is 136 Å². The van der Waals surface area contributed by atoms with E-state index in [4.69, 9.17) is 23.2 Å². The molecular formula is C16H10Cl2N2O2. The quantitative estimate of drug-likeness (QED) is 0.765. The van der Waals surface area contributed by atoms with Gasteiger partial charge in [-0.15, -0.1) is 0 Å². The van der Waals surface area contributed by atoms with E-state index >= 15 is 0 Å². The molecule has 0 spiro atoms. The fourth-order valence-electron chi connectivity index (χ4n) is 2.12. The van der Waals surface area contributed by atoms with Crippen LogP contribution in [0.25, 0.3) is 16.9 Å². The van der Waals surface area contributed by atoms with Crippen molar-refractivity contribution in [1.82, 2.24) is 9.78 Å². The molecule has 0 bridgehead atoms. The molecule has 0 unspecified atom stereocenters. The summed E-state index contributed by atoms with van der Waals surface area (Å²) in [5, 5.41) is 14.5. The van der Waals surface area contributed by atoms with Gasteiger partial charge in [0.15, 0.2) is 5.69 Å². The fourth-order valence-corrected chi connectivity index (χ4v) is 2.43. The summed E-state index contributed by atoms with van der Waals surface area (Å²) in [7, 11) is 0. The largest absolute Gasteiger partial charge is 0.476 e. The van der Waals surface area contributed by atoms with Crippen molar-refractivity contribution in [1.29, 1.82) is 0 Å². The van der Waals surface area contributed by atoms with E-state index in [1.54, 1.807) is 47.1 Å². The summed E-state index contributed by atoms with van der Waals surface area (Å²) in [4.78, 5) is 11.2. The van der Waals surface area contributed by atoms with Crippen LogP contribution in [0.3, 0.4) is 0 Å². The van der Waals surface area contributed by atoms with Crippen molar-refractivity contribution < 1.29 is 9.90 Å². The Morgan fingerprint density at radius 3 is 2.36 bits per heavy atom. The van der Waals surface area contributed by atoms with Gasteiger partial charge < -0.3 is 5.11 Å². The van der Waals surface area contributed by atoms with Crippen LogP contribution >= 0.6 is 23.2 Å². The van der Waals surface area contributed by atoms with E-state index in [0.717, 1.165) is 5.56 Å². The Kier molecular flexibility index (Phi) is 3.88. The monoisotopic (exact) mass is 332 g/mol. The third kappa shape index (κ3) is 2.84. The molecule has 1 N–H and O–H groups in total. The molecule has 4 nitrogen and oxygen atoms in total. The Morgan fingerprint density at radius 2 is 1.73 bits per heavy atom. The number of carboxylic acids is 1. The van der Waals surface area contributed by atoms with Gasteiger partial charge in [-0.1, -0.05) is 35.3 Å². The van der Waals surface area contributed by atoms with Gasteiger partial charge in [0, 0.05) is 15.6 Å². The van der Waals surface area contributed by atoms with Gasteiger partial charge in [0.2, 0.25) is 0 Å². The van der Waals surface area contributed by atoms with Gasteiger partial charge in [0.1, 0.15) is 0 Å². The fraction of sp³-hybridized carbons (Fsp3) is 0. The first-order valence-corrected chi connectivity index (χ1v) is 7.15. The van der Waals surface area contributed by atoms with E-state index < -0.39 is 5.97 Å². The average molecular weight is 333 g/mol. The molecule has 3 aromatic rings. The molecule has 110 valence electrons. The van der Waals surface area contributed by atoms with E-state index in [1.807, 2.05) is 6.07 Å². The summed E-state index contributed by atoms with van der Waals surface area (Å²) in [5.41, 5.74) is 2.10. The van der Waals surface area contributed by atoms with Crippen molar-refractivity contribution in [2.45, 2.75) is 0 Å². The topological polar surface area (TPSA) is 55.1 Å². The first-order valence-electron chi connectivity index (χ1n) is 6.40. The van der Waals surface area contributed by atoms with Gasteiger partial charge in [-0.2, -0.15) is 5.10 Å². The number of hydrogen-bond donors (Lipinski definition) is 1. The summed E-state index contributed by atoms with van der Waals surface area (Å²) >= 11 is 11.9. The highest BCUT2D eigenvalue weighted by atomic mass is 35.5. The number of carboxylic acid groups (broad SMARTS) is 1. The molecule has 0 amide bonds. The normalized spacial score (nSPS) is 10.6. The van der Waals surface area contributed by atoms with Crippen LogP contribution in [0, 0.1) is 0 Å². The van der Waals surface area contributed by atoms with Gasteiger partial charge in [0.05, 0.1) is 11.4 Å². The lowest BCUT2D eigenvalue weighted by atomic mass is 10.1. The van der Waals surface area contributed by atoms with Crippen LogP contribution in [0.15, 0.2) is 54.6 Å². The standard InChI is InChI=1S/C16H10Cl2N2O2/c17-11-4-6-13(7-5-11)20-15(9-14(19-20)16(21)22)10-2-1-3-12(18)8-10/h1-9H,(H,21,22). The number of rotatable bonds is 3. The number of nitrogens with zero attached hydrogens (tertiary/aromatic N) is 2. The second-order valence-corrected chi connectivity index (χ2v) is 5.49. The number of halogens is 2. The molecule has 1 heterocycles. The average Bonchev–Trinajstić information content (AvgIpc) is 2.93. The third-order valence-corrected chi connectivity index (χ3v) is 3.61. The second-order valence-electron chi connectivity index (χ2n) is 4.62. The molecule has 22 heavy (non-hydrogen) atoms. The third-order valence-electron chi connectivity index (χ3n) is 3.12. The molecular weight excluding hydrogens is 323 g/mol. The van der Waals surface area contributed by atoms with E-state index in [0.29, 0.717) is 21.4 Å². The number of carbonyl (C=O) groups is 1. The molecule has 0 aliphatic carbocycles. The summed E-state index contributed by atoms with van der Waals surface area (Å²) in [6, 6.07) is 15.7. The van der Waals surface area contributed by atoms with Crippen molar-refractivity contribution in [3.8, 4) is 16.9 Å². The van der Waals surface area contributed by atoms with Crippen molar-refractivity contribution >= 4 is 29.2 Å². The maximum Gasteiger partial charge on any atom is 0.356 e. The molecule has 0 aliphatic rings. The van der Waals surface area contributed by atoms with Crippen molar-refractivity contribution in [2.75, 3.05) is 0 Å². The Hall–Kier alpha value is -2.30. The lowest BCUT2D eigenvalue weighted by molar-refractivity contribution is 0.0690. The van der Waals surface area contributed by atoms with Crippen molar-refractivity contribution in [2.24, 2.45) is 0 Å². The SMILES string of the molecule is O=C(O)c1cc(-c2cccc(Cl)c2)n(-c2ccc(Cl)cc2)n1. The van der Waals surface area contributed by atoms with E-state index in [2.05, 4.69) is 5.10 Å². The van der Waals surface area contributed by atoms with Crippen LogP contribution in [-0.2, 0) is 0 Å². The lowest BCUT2D eigenvalue weighted by Gasteiger charge is -2.08. The highest BCUT2D eigenvalue weighted by molar-refractivity contribution is 6.31. The summed E-state index contributed by atoms with van der Waals surface area (Å²) in [6.45, 7) is 0. The molecule has 1 aromatic heterocycles. The van der Waals surface area contributed by atoms with Gasteiger partial charge >= 0.3 is 5.97 Å². The van der Waals surface area contributed by atoms with Crippen LogP contribution in [0.4, 0.5) is 0 Å². The zero-order valence-electron chi connectivity index (χ0n) is 11.2. The van der Waals surface area contributed by atoms with E-state index in [9.17, 15) is 9.90 Å². The Bertz CT molecular complexity index is 842. The zero-order chi connectivity index (χ0) is 15.7. The van der Waals surface area contributed by atoms with Crippen LogP contribution in [0.5, 0.6) is 0 Å². The molecule has 0 atom stereocenters. The molecule has 0 saturated heterocycles. The second kappa shape index (κ2) is 5.83. The van der Waals surface area contributed by atoms with Gasteiger partial charge in [0.25, 0.3) is 0 Å². The van der Waals surface area contributed by atoms with Gasteiger partial charge in [-0.05, 0) is 42.5 Å². The van der Waals surface area contributed by atoms with Crippen LogP contribution in [0.1, 0.15) is 10.5 Å². The first-order chi connectivity index (χ1) is 10.5. The molecule has 3 rings (SSSR count). The maximum absolute atomic E-state index is 11.2. The maximum atomic E-state index is 11.2. The molecule has 6 heteroatoms. The Balaban J connectivity index is 2.20. The number of aromatic nitrogens is 2. The molecule has 2 aromatic carbocycles. The predicted octanol–water partition coefficient (Wildman–Crippen LogP) is 4.54. The summed E-state index contributed by atoms with van der Waals surface area (Å²) in [5.74, 6) is -1.09. The molecule has 0 radical (unpaired) electrons. The number of hydrogen-bond acceptors (Lipinski definition) is 2. The molecule has 0 aliphatic heterocycles. The minimum Gasteiger partial charge on any atom is -0.476 e. The number of aromatic carboxylic acids is 1. The van der Waals surface area contributed by atoms with Crippen LogP contribution < -0.4 is 0 Å². The summed E-state index contributed by atoms with van der Waals surface area (Å²) < 4.78 is 1.56. The van der Waals surface area contributed by atoms with Crippen molar-refractivity contribution in [3.63, 3.8) is 0 Å². The minimum absolute atomic E-state index is 0.0371. The minimum atomic E-state index is -1.09. The Morgan fingerprint density at radius 1 is 1.00 bits per heavy atom. The van der Waals surface area contributed by atoms with E-state index in [-0.39, 0.29) is 5.69 Å². The number of benzene rings is 2. The van der Waals surface area contributed by atoms with Gasteiger partial charge in [-0.3, -0.25) is 0 Å². The molecule has 0 fully saturated rings. The first kappa shape index (κ1) is 14.6. The highest BCUT2D eigenvalue weighted by Gasteiger charge is 2.16. The van der Waals surface area contributed by atoms with Crippen LogP contribution in [-0.4, -0.2) is 20.9 Å². The highest BCUT2D eigenvalue weighted by Crippen LogP contribution is 2.27. The van der Waals surface area contributed by atoms with E-state index in [1.165, 1.54) is 6.07 Å². The van der Waals surface area contributed by atoms with Crippen LogP contribution in [0.2, 0.25) is 10.0 Å². The predicted molar refractivity (Wildman–Crippen MR) is 86.0 cm³/mol. The zero-order valence-corrected chi connectivity index (χ0v) is 12.7. The summed E-state index contributed by atoms with van der Waals surface area (Å²) in [6.07, 6.45) is 0. The van der Waals surface area contributed by atoms with Crippen molar-refractivity contribution in [3.05, 3.63) is 70.3 Å².